The summed E-state index contributed by atoms with van der Waals surface area (Å²) in [6, 6.07) is 23.3. The molecule has 7 nitrogen and oxygen atoms in total. The number of amides is 1. The molecule has 8 heteroatoms. The minimum atomic E-state index is -0.192. The van der Waals surface area contributed by atoms with Gasteiger partial charge < -0.3 is 19.2 Å². The van der Waals surface area contributed by atoms with Crippen LogP contribution in [-0.2, 0) is 21.8 Å². The largest absolute Gasteiger partial charge is 0.493 e. The molecule has 0 aliphatic carbocycles. The lowest BCUT2D eigenvalue weighted by Gasteiger charge is -2.24. The monoisotopic (exact) mass is 588 g/mol. The van der Waals surface area contributed by atoms with E-state index in [-0.39, 0.29) is 30.3 Å². The highest BCUT2D eigenvalue weighted by atomic mass is 32.2. The zero-order valence-corrected chi connectivity index (χ0v) is 25.6. The normalized spacial score (nSPS) is 12.6. The van der Waals surface area contributed by atoms with Gasteiger partial charge in [-0.1, -0.05) is 56.3 Å². The smallest absolute Gasteiger partial charge is 0.258 e. The molecule has 1 N–H and O–H groups in total. The van der Waals surface area contributed by atoms with E-state index in [1.807, 2.05) is 42.5 Å². The average molecular weight is 589 g/mol. The van der Waals surface area contributed by atoms with Crippen LogP contribution >= 0.6 is 11.9 Å². The van der Waals surface area contributed by atoms with E-state index in [4.69, 9.17) is 13.9 Å². The number of rotatable bonds is 16. The summed E-state index contributed by atoms with van der Waals surface area (Å²) in [6.07, 6.45) is 5.55. The lowest BCUT2D eigenvalue weighted by atomic mass is 9.87. The molecule has 4 rings (SSSR count). The van der Waals surface area contributed by atoms with Crippen LogP contribution in [0.15, 0.2) is 89.7 Å². The molecule has 1 amide bonds. The first-order chi connectivity index (χ1) is 20.3. The number of benzene rings is 2. The Hall–Kier alpha value is -3.91. The molecule has 2 heterocycles. The van der Waals surface area contributed by atoms with Gasteiger partial charge in [-0.05, 0) is 79.1 Å². The van der Waals surface area contributed by atoms with Crippen molar-refractivity contribution in [2.24, 2.45) is 5.92 Å². The predicted molar refractivity (Wildman–Crippen MR) is 167 cm³/mol. The first-order valence-electron chi connectivity index (χ1n) is 14.3. The van der Waals surface area contributed by atoms with Crippen LogP contribution in [0.4, 0.5) is 0 Å². The second kappa shape index (κ2) is 15.4. The standard InChI is InChI=1S/C34H40N2O5S/c1-24(2)19-28(35-33(38)22-41-32-15-9-8-14-31(32)39-4)21-27-16-17-36(42-23-29-13-10-18-40-29)34(27)30(20-25(3)37)26-11-6-5-7-12-26/h5-18,24,28,30H,19-23H2,1-4H3,(H,35,38). The van der Waals surface area contributed by atoms with Gasteiger partial charge in [0.2, 0.25) is 0 Å². The van der Waals surface area contributed by atoms with Gasteiger partial charge in [-0.25, -0.2) is 0 Å². The third kappa shape index (κ3) is 8.79. The predicted octanol–water partition coefficient (Wildman–Crippen LogP) is 7.05. The van der Waals surface area contributed by atoms with E-state index in [0.29, 0.717) is 36.0 Å². The molecule has 0 bridgehead atoms. The number of aromatic nitrogens is 1. The average Bonchev–Trinajstić information content (AvgIpc) is 3.64. The Morgan fingerprint density at radius 2 is 1.71 bits per heavy atom. The summed E-state index contributed by atoms with van der Waals surface area (Å²) in [4.78, 5) is 25.6. The highest BCUT2D eigenvalue weighted by Crippen LogP contribution is 2.35. The van der Waals surface area contributed by atoms with E-state index in [9.17, 15) is 9.59 Å². The van der Waals surface area contributed by atoms with Crippen molar-refractivity contribution in [2.45, 2.75) is 57.7 Å². The van der Waals surface area contributed by atoms with Crippen molar-refractivity contribution in [3.63, 3.8) is 0 Å². The van der Waals surface area contributed by atoms with E-state index >= 15 is 0 Å². The SMILES string of the molecule is COc1ccccc1OCC(=O)NC(Cc1ccn(SCc2ccco2)c1C(CC(C)=O)c1ccccc1)CC(C)C. The Kier molecular flexibility index (Phi) is 11.3. The molecule has 4 aromatic rings. The molecule has 0 fully saturated rings. The van der Waals surface area contributed by atoms with Crippen LogP contribution in [0.25, 0.3) is 0 Å². The third-order valence-electron chi connectivity index (χ3n) is 6.94. The highest BCUT2D eigenvalue weighted by Gasteiger charge is 2.26. The Morgan fingerprint density at radius 1 is 0.976 bits per heavy atom. The molecule has 0 spiro atoms. The Morgan fingerprint density at radius 3 is 2.38 bits per heavy atom. The van der Waals surface area contributed by atoms with Crippen molar-refractivity contribution in [1.82, 2.24) is 9.29 Å². The highest BCUT2D eigenvalue weighted by molar-refractivity contribution is 7.97. The van der Waals surface area contributed by atoms with Crippen LogP contribution in [0.1, 0.15) is 62.1 Å². The summed E-state index contributed by atoms with van der Waals surface area (Å²) in [5.41, 5.74) is 3.26. The number of ether oxygens (including phenoxy) is 2. The van der Waals surface area contributed by atoms with Crippen LogP contribution in [0, 0.1) is 5.92 Å². The van der Waals surface area contributed by atoms with Gasteiger partial charge in [-0.3, -0.25) is 13.6 Å². The van der Waals surface area contributed by atoms with E-state index in [1.54, 1.807) is 44.4 Å². The number of furan rings is 1. The lowest BCUT2D eigenvalue weighted by Crippen LogP contribution is -2.40. The quantitative estimate of drug-likeness (QED) is 0.151. The molecule has 2 atom stereocenters. The van der Waals surface area contributed by atoms with Gasteiger partial charge in [-0.15, -0.1) is 0 Å². The van der Waals surface area contributed by atoms with Crippen LogP contribution in [0.3, 0.4) is 0 Å². The van der Waals surface area contributed by atoms with Gasteiger partial charge in [0.05, 0.1) is 19.1 Å². The zero-order chi connectivity index (χ0) is 29.9. The number of Topliss-reactive ketones (excluding diaryl/α,β-unsaturated/α-hetero) is 1. The van der Waals surface area contributed by atoms with Crippen molar-refractivity contribution in [3.8, 4) is 11.5 Å². The molecule has 2 unspecified atom stereocenters. The van der Waals surface area contributed by atoms with E-state index in [0.717, 1.165) is 29.0 Å². The van der Waals surface area contributed by atoms with Crippen LogP contribution in [0.5, 0.6) is 11.5 Å². The Balaban J connectivity index is 1.59. The number of methoxy groups -OCH3 is 1. The molecule has 0 aliphatic rings. The van der Waals surface area contributed by atoms with Gasteiger partial charge in [0, 0.05) is 30.3 Å². The molecule has 2 aromatic carbocycles. The van der Waals surface area contributed by atoms with Crippen molar-refractivity contribution in [2.75, 3.05) is 13.7 Å². The number of nitrogens with one attached hydrogen (secondary N) is 1. The maximum Gasteiger partial charge on any atom is 0.258 e. The van der Waals surface area contributed by atoms with Crippen LogP contribution in [0.2, 0.25) is 0 Å². The molecule has 2 aromatic heterocycles. The second-order valence-electron chi connectivity index (χ2n) is 10.8. The summed E-state index contributed by atoms with van der Waals surface area (Å²) in [5.74, 6) is 2.82. The van der Waals surface area contributed by atoms with Crippen molar-refractivity contribution < 1.29 is 23.5 Å². The summed E-state index contributed by atoms with van der Waals surface area (Å²) in [7, 11) is 1.58. The molecule has 0 radical (unpaired) electrons. The number of carbonyl (C=O) groups excluding carboxylic acids is 2. The fourth-order valence-electron chi connectivity index (χ4n) is 5.18. The van der Waals surface area contributed by atoms with Gasteiger partial charge >= 0.3 is 0 Å². The number of hydrogen-bond acceptors (Lipinski definition) is 6. The maximum atomic E-state index is 13.1. The first-order valence-corrected chi connectivity index (χ1v) is 15.2. The topological polar surface area (TPSA) is 82.7 Å². The number of hydrogen-bond donors (Lipinski definition) is 1. The minimum Gasteiger partial charge on any atom is -0.493 e. The van der Waals surface area contributed by atoms with E-state index < -0.39 is 0 Å². The summed E-state index contributed by atoms with van der Waals surface area (Å²) >= 11 is 1.63. The second-order valence-corrected chi connectivity index (χ2v) is 11.8. The molecule has 222 valence electrons. The van der Waals surface area contributed by atoms with Gasteiger partial charge in [0.15, 0.2) is 18.1 Å². The molecule has 0 saturated carbocycles. The van der Waals surface area contributed by atoms with Gasteiger partial charge in [-0.2, -0.15) is 0 Å². The number of para-hydroxylation sites is 2. The first kappa shape index (κ1) is 31.0. The summed E-state index contributed by atoms with van der Waals surface area (Å²) in [5, 5.41) is 3.21. The number of carbonyl (C=O) groups is 2. The van der Waals surface area contributed by atoms with Crippen molar-refractivity contribution >= 4 is 23.6 Å². The fraction of sp³-hybridized carbons (Fsp3) is 0.353. The molecule has 42 heavy (non-hydrogen) atoms. The molecular weight excluding hydrogens is 548 g/mol. The Labute approximate surface area is 252 Å². The van der Waals surface area contributed by atoms with Crippen LogP contribution < -0.4 is 14.8 Å². The molecular formula is C34H40N2O5S. The fourth-order valence-corrected chi connectivity index (χ4v) is 6.14. The van der Waals surface area contributed by atoms with Gasteiger partial charge in [0.1, 0.15) is 11.5 Å². The maximum absolute atomic E-state index is 13.1. The molecule has 0 aliphatic heterocycles. The van der Waals surface area contributed by atoms with E-state index in [1.165, 1.54) is 0 Å². The lowest BCUT2D eigenvalue weighted by molar-refractivity contribution is -0.124. The Bertz CT molecular complexity index is 1410. The summed E-state index contributed by atoms with van der Waals surface area (Å²) < 4.78 is 18.9. The van der Waals surface area contributed by atoms with Crippen LogP contribution in [-0.4, -0.2) is 35.4 Å². The van der Waals surface area contributed by atoms with Gasteiger partial charge in [0.25, 0.3) is 5.91 Å². The summed E-state index contributed by atoms with van der Waals surface area (Å²) in [6.45, 7) is 5.83. The molecule has 0 saturated heterocycles. The van der Waals surface area contributed by atoms with Crippen molar-refractivity contribution in [1.29, 1.82) is 0 Å². The third-order valence-corrected chi connectivity index (χ3v) is 7.95. The zero-order valence-electron chi connectivity index (χ0n) is 24.7. The van der Waals surface area contributed by atoms with E-state index in [2.05, 4.69) is 47.5 Å². The number of nitrogens with zero attached hydrogens (tertiary/aromatic N) is 1. The van der Waals surface area contributed by atoms with Crippen molar-refractivity contribution in [3.05, 3.63) is 108 Å². The minimum absolute atomic E-state index is 0.112. The number of ketones is 1.